The van der Waals surface area contributed by atoms with Crippen molar-refractivity contribution in [3.05, 3.63) is 0 Å². The largest absolute Gasteiger partial charge is 0.394 e. The van der Waals surface area contributed by atoms with Gasteiger partial charge in [0.1, 0.15) is 122 Å². The topological polar surface area (TPSA) is 427 Å². The molecule has 56 heavy (non-hydrogen) atoms. The first kappa shape index (κ1) is 46.0. The molecule has 0 bridgehead atoms. The van der Waals surface area contributed by atoms with Crippen molar-refractivity contribution in [1.29, 1.82) is 0 Å². The molecule has 0 amide bonds. The standard InChI is InChI=1S/C30H52O26/c31-1-6-11(36)15(40)18(43)27(49-6)55-24-14(39)9(4-34)51-30(25(24)56-28-19(44)16(41)12(37)7(2-32)50-28)53-22-10(5-35)52-29(20(45)17(22)42)54-23-13(38)8(3-33)48-26(47)21(23)46/h6-47H,1-5H2/t6-,7-,8-,9-,10-,11-,12-,13-,14-,15+,16+,17-,18-,19-,20-,21-,22+,23+,24+,25-,26?,27+,28+,29+,30+/m1/s1. The van der Waals surface area contributed by atoms with Gasteiger partial charge >= 0.3 is 0 Å². The predicted molar refractivity (Wildman–Crippen MR) is 167 cm³/mol. The second-order valence-electron chi connectivity index (χ2n) is 13.9. The van der Waals surface area contributed by atoms with Gasteiger partial charge in [-0.25, -0.2) is 0 Å². The normalized spacial score (nSPS) is 53.2. The summed E-state index contributed by atoms with van der Waals surface area (Å²) in [4.78, 5) is 0. The van der Waals surface area contributed by atoms with Crippen LogP contribution in [0.5, 0.6) is 0 Å². The number of aliphatic hydroxyl groups is 17. The number of rotatable bonds is 13. The Morgan fingerprint density at radius 1 is 0.268 bits per heavy atom. The Bertz CT molecular complexity index is 1200. The lowest BCUT2D eigenvalue weighted by atomic mass is 9.95. The van der Waals surface area contributed by atoms with Crippen molar-refractivity contribution in [3.63, 3.8) is 0 Å². The quantitative estimate of drug-likeness (QED) is 0.0819. The van der Waals surface area contributed by atoms with Gasteiger partial charge in [0.25, 0.3) is 0 Å². The van der Waals surface area contributed by atoms with Crippen LogP contribution < -0.4 is 0 Å². The van der Waals surface area contributed by atoms with Gasteiger partial charge in [-0.15, -0.1) is 0 Å². The third kappa shape index (κ3) is 9.16. The van der Waals surface area contributed by atoms with E-state index in [2.05, 4.69) is 0 Å². The van der Waals surface area contributed by atoms with Gasteiger partial charge in [-0.1, -0.05) is 0 Å². The predicted octanol–water partition coefficient (Wildman–Crippen LogP) is -11.9. The van der Waals surface area contributed by atoms with Crippen molar-refractivity contribution in [2.75, 3.05) is 33.0 Å². The molecule has 0 aromatic carbocycles. The lowest BCUT2D eigenvalue weighted by molar-refractivity contribution is -0.409. The van der Waals surface area contributed by atoms with E-state index in [9.17, 15) is 86.8 Å². The molecule has 5 aliphatic rings. The second-order valence-corrected chi connectivity index (χ2v) is 13.9. The number of hydrogen-bond acceptors (Lipinski definition) is 26. The van der Waals surface area contributed by atoms with Crippen molar-refractivity contribution in [1.82, 2.24) is 0 Å². The highest BCUT2D eigenvalue weighted by Crippen LogP contribution is 2.37. The van der Waals surface area contributed by atoms with Crippen LogP contribution in [0, 0.1) is 0 Å². The minimum atomic E-state index is -2.16. The summed E-state index contributed by atoms with van der Waals surface area (Å²) < 4.78 is 50.1. The fourth-order valence-corrected chi connectivity index (χ4v) is 6.99. The molecule has 328 valence electrons. The van der Waals surface area contributed by atoms with Gasteiger partial charge in [-0.2, -0.15) is 0 Å². The summed E-state index contributed by atoms with van der Waals surface area (Å²) in [7, 11) is 0. The molecule has 0 radical (unpaired) electrons. The first-order chi connectivity index (χ1) is 26.5. The maximum atomic E-state index is 11.3. The minimum absolute atomic E-state index is 0.838. The van der Waals surface area contributed by atoms with E-state index in [4.69, 9.17) is 42.6 Å². The van der Waals surface area contributed by atoms with Gasteiger partial charge in [0.05, 0.1) is 33.0 Å². The van der Waals surface area contributed by atoms with E-state index < -0.39 is 187 Å². The zero-order valence-electron chi connectivity index (χ0n) is 29.2. The van der Waals surface area contributed by atoms with Crippen molar-refractivity contribution in [2.24, 2.45) is 0 Å². The van der Waals surface area contributed by atoms with E-state index in [-0.39, 0.29) is 0 Å². The summed E-state index contributed by atoms with van der Waals surface area (Å²) in [6.07, 6.45) is -47.8. The Labute approximate surface area is 316 Å². The third-order valence-corrected chi connectivity index (χ3v) is 10.3. The second kappa shape index (κ2) is 19.6. The van der Waals surface area contributed by atoms with Crippen LogP contribution in [-0.2, 0) is 42.6 Å². The Morgan fingerprint density at radius 2 is 0.607 bits per heavy atom. The van der Waals surface area contributed by atoms with E-state index in [0.717, 1.165) is 0 Å². The Kier molecular flexibility index (Phi) is 16.1. The summed E-state index contributed by atoms with van der Waals surface area (Å²) in [5.74, 6) is 0. The Balaban J connectivity index is 1.44. The van der Waals surface area contributed by atoms with Gasteiger partial charge in [0.15, 0.2) is 31.5 Å². The molecule has 0 spiro atoms. The molecular weight excluding hydrogens is 776 g/mol. The molecule has 5 rings (SSSR count). The molecule has 5 saturated heterocycles. The SMILES string of the molecule is OC[C@H]1O[C@@H](O[C@H]2[C@H](O[C@@H]3[C@H](O)[C@@H](O)[C@H](O[C@H]4[C@H](O)[C@@H](CO)OC(O)[C@@H]4O)O[C@@H]3CO)O[C@H](CO)[C@@H](O)[C@@H]2O[C@@H]2O[C@H](CO)[C@@H](O)[C@H](O)[C@H]2O)[C@H](O)[C@@H](O)[C@@H]1O. The highest BCUT2D eigenvalue weighted by molar-refractivity contribution is 4.99. The van der Waals surface area contributed by atoms with E-state index >= 15 is 0 Å². The van der Waals surface area contributed by atoms with E-state index in [0.29, 0.717) is 0 Å². The molecule has 1 unspecified atom stereocenters. The highest BCUT2D eigenvalue weighted by atomic mass is 16.8. The molecular formula is C30H52O26. The molecule has 25 atom stereocenters. The maximum Gasteiger partial charge on any atom is 0.187 e. The van der Waals surface area contributed by atoms with Crippen LogP contribution in [0.15, 0.2) is 0 Å². The lowest BCUT2D eigenvalue weighted by Crippen LogP contribution is -2.69. The molecule has 0 aliphatic carbocycles. The fourth-order valence-electron chi connectivity index (χ4n) is 6.99. The molecule has 17 N–H and O–H groups in total. The Hall–Kier alpha value is -1.04. The van der Waals surface area contributed by atoms with Crippen LogP contribution in [0.4, 0.5) is 0 Å². The molecule has 0 saturated carbocycles. The van der Waals surface area contributed by atoms with Crippen LogP contribution in [0.3, 0.4) is 0 Å². The van der Waals surface area contributed by atoms with Crippen molar-refractivity contribution in [2.45, 2.75) is 154 Å². The van der Waals surface area contributed by atoms with Crippen LogP contribution in [0.1, 0.15) is 0 Å². The molecule has 26 nitrogen and oxygen atoms in total. The van der Waals surface area contributed by atoms with Gasteiger partial charge < -0.3 is 129 Å². The van der Waals surface area contributed by atoms with Gasteiger partial charge in [0, 0.05) is 0 Å². The lowest BCUT2D eigenvalue weighted by Gasteiger charge is -2.51. The third-order valence-electron chi connectivity index (χ3n) is 10.3. The Morgan fingerprint density at radius 3 is 1.09 bits per heavy atom. The molecule has 5 heterocycles. The number of hydrogen-bond donors (Lipinski definition) is 17. The van der Waals surface area contributed by atoms with Gasteiger partial charge in [-0.05, 0) is 0 Å². The fraction of sp³-hybridized carbons (Fsp3) is 1.00. The monoisotopic (exact) mass is 828 g/mol. The van der Waals surface area contributed by atoms with E-state index in [1.807, 2.05) is 0 Å². The minimum Gasteiger partial charge on any atom is -0.394 e. The summed E-state index contributed by atoms with van der Waals surface area (Å²) in [5.41, 5.74) is 0. The van der Waals surface area contributed by atoms with Gasteiger partial charge in [0.2, 0.25) is 0 Å². The highest BCUT2D eigenvalue weighted by Gasteiger charge is 2.57. The van der Waals surface area contributed by atoms with Crippen LogP contribution in [0.2, 0.25) is 0 Å². The smallest absolute Gasteiger partial charge is 0.187 e. The summed E-state index contributed by atoms with van der Waals surface area (Å²) in [6, 6.07) is 0. The van der Waals surface area contributed by atoms with E-state index in [1.54, 1.807) is 0 Å². The number of aliphatic hydroxyl groups excluding tert-OH is 17. The molecule has 5 fully saturated rings. The average molecular weight is 829 g/mol. The zero-order chi connectivity index (χ0) is 41.3. The summed E-state index contributed by atoms with van der Waals surface area (Å²) >= 11 is 0. The molecule has 26 heteroatoms. The van der Waals surface area contributed by atoms with E-state index in [1.165, 1.54) is 0 Å². The molecule has 5 aliphatic heterocycles. The van der Waals surface area contributed by atoms with Crippen LogP contribution in [0.25, 0.3) is 0 Å². The first-order valence-electron chi connectivity index (χ1n) is 17.6. The van der Waals surface area contributed by atoms with Crippen LogP contribution in [-0.4, -0.2) is 273 Å². The van der Waals surface area contributed by atoms with Gasteiger partial charge in [-0.3, -0.25) is 0 Å². The summed E-state index contributed by atoms with van der Waals surface area (Å²) in [5, 5.41) is 177. The average Bonchev–Trinajstić information content (AvgIpc) is 3.19. The molecule has 0 aromatic heterocycles. The van der Waals surface area contributed by atoms with Crippen molar-refractivity contribution < 1.29 is 129 Å². The maximum absolute atomic E-state index is 11.3. The van der Waals surface area contributed by atoms with Crippen molar-refractivity contribution >= 4 is 0 Å². The number of ether oxygens (including phenoxy) is 9. The first-order valence-corrected chi connectivity index (χ1v) is 17.6. The zero-order valence-corrected chi connectivity index (χ0v) is 29.2. The molecule has 0 aromatic rings. The van der Waals surface area contributed by atoms with Crippen LogP contribution >= 0.6 is 0 Å². The summed E-state index contributed by atoms with van der Waals surface area (Å²) in [6.45, 7) is -4.70. The van der Waals surface area contributed by atoms with Crippen molar-refractivity contribution in [3.8, 4) is 0 Å².